The van der Waals surface area contributed by atoms with Gasteiger partial charge in [-0.3, -0.25) is 0 Å². The summed E-state index contributed by atoms with van der Waals surface area (Å²) in [5, 5.41) is 12.6. The number of benzene rings is 1. The fourth-order valence-electron chi connectivity index (χ4n) is 1.27. The summed E-state index contributed by atoms with van der Waals surface area (Å²) < 4.78 is 4.98. The maximum Gasteiger partial charge on any atom is 0.243 e. The Kier molecular flexibility index (Phi) is 2.66. The van der Waals surface area contributed by atoms with Crippen molar-refractivity contribution in [3.8, 4) is 17.5 Å². The van der Waals surface area contributed by atoms with Crippen LogP contribution in [-0.2, 0) is 0 Å². The van der Waals surface area contributed by atoms with Crippen molar-refractivity contribution in [1.29, 1.82) is 5.26 Å². The van der Waals surface area contributed by atoms with Crippen molar-refractivity contribution in [2.75, 3.05) is 0 Å². The Hall–Kier alpha value is -2.19. The van der Waals surface area contributed by atoms with Gasteiger partial charge in [-0.1, -0.05) is 17.3 Å². The average molecular weight is 214 g/mol. The molecule has 1 atom stereocenters. The van der Waals surface area contributed by atoms with Gasteiger partial charge in [-0.25, -0.2) is 0 Å². The van der Waals surface area contributed by atoms with Crippen molar-refractivity contribution in [3.63, 3.8) is 0 Å². The molecule has 0 aliphatic heterocycles. The average Bonchev–Trinajstić information content (AvgIpc) is 2.78. The normalized spacial score (nSPS) is 12.1. The van der Waals surface area contributed by atoms with E-state index in [1.807, 2.05) is 6.07 Å². The third-order valence-corrected chi connectivity index (χ3v) is 2.08. The van der Waals surface area contributed by atoms with Crippen LogP contribution in [0.1, 0.15) is 24.4 Å². The molecule has 0 saturated carbocycles. The zero-order valence-electron chi connectivity index (χ0n) is 8.71. The molecule has 5 nitrogen and oxygen atoms in total. The zero-order chi connectivity index (χ0) is 11.5. The minimum atomic E-state index is -0.291. The second-order valence-electron chi connectivity index (χ2n) is 3.44. The number of nitrogens with two attached hydrogens (primary N) is 1. The Bertz CT molecular complexity index is 539. The van der Waals surface area contributed by atoms with Crippen LogP contribution in [0.3, 0.4) is 0 Å². The molecule has 1 aromatic carbocycles. The lowest BCUT2D eigenvalue weighted by atomic mass is 10.1. The number of hydrogen-bond acceptors (Lipinski definition) is 5. The predicted molar refractivity (Wildman–Crippen MR) is 57.1 cm³/mol. The lowest BCUT2D eigenvalue weighted by molar-refractivity contribution is 0.362. The van der Waals surface area contributed by atoms with Gasteiger partial charge in [0.05, 0.1) is 17.7 Å². The summed E-state index contributed by atoms with van der Waals surface area (Å²) >= 11 is 0. The van der Waals surface area contributed by atoms with Gasteiger partial charge in [-0.15, -0.1) is 0 Å². The summed E-state index contributed by atoms with van der Waals surface area (Å²) in [5.74, 6) is 0.835. The fraction of sp³-hybridized carbons (Fsp3) is 0.182. The van der Waals surface area contributed by atoms with Crippen LogP contribution in [0.25, 0.3) is 11.4 Å². The molecule has 2 rings (SSSR count). The van der Waals surface area contributed by atoms with Crippen LogP contribution >= 0.6 is 0 Å². The Labute approximate surface area is 92.5 Å². The molecule has 80 valence electrons. The molecule has 2 N–H and O–H groups in total. The van der Waals surface area contributed by atoms with Crippen LogP contribution in [0, 0.1) is 11.3 Å². The molecular formula is C11H10N4O. The molecule has 0 spiro atoms. The maximum absolute atomic E-state index is 8.77. The first kappa shape index (κ1) is 10.3. The van der Waals surface area contributed by atoms with Gasteiger partial charge in [0.1, 0.15) is 0 Å². The predicted octanol–water partition coefficient (Wildman–Crippen LogP) is 1.63. The third-order valence-electron chi connectivity index (χ3n) is 2.08. The van der Waals surface area contributed by atoms with E-state index in [4.69, 9.17) is 15.5 Å². The van der Waals surface area contributed by atoms with Crippen molar-refractivity contribution in [1.82, 2.24) is 10.1 Å². The lowest BCUT2D eigenvalue weighted by Crippen LogP contribution is -2.04. The van der Waals surface area contributed by atoms with Crippen molar-refractivity contribution < 1.29 is 4.52 Å². The maximum atomic E-state index is 8.77. The molecule has 0 fully saturated rings. The quantitative estimate of drug-likeness (QED) is 0.820. The van der Waals surface area contributed by atoms with Gasteiger partial charge in [-0.2, -0.15) is 10.2 Å². The molecule has 0 aliphatic rings. The molecule has 0 aliphatic carbocycles. The molecule has 0 saturated heterocycles. The van der Waals surface area contributed by atoms with E-state index in [0.717, 1.165) is 5.56 Å². The largest absolute Gasteiger partial charge is 0.337 e. The van der Waals surface area contributed by atoms with Crippen LogP contribution in [0.2, 0.25) is 0 Å². The van der Waals surface area contributed by atoms with Gasteiger partial charge in [0, 0.05) is 5.56 Å². The Balaban J connectivity index is 2.39. The summed E-state index contributed by atoms with van der Waals surface area (Å²) in [4.78, 5) is 4.14. The van der Waals surface area contributed by atoms with E-state index in [1.54, 1.807) is 25.1 Å². The monoisotopic (exact) mass is 214 g/mol. The smallest absolute Gasteiger partial charge is 0.243 e. The van der Waals surface area contributed by atoms with E-state index >= 15 is 0 Å². The zero-order valence-corrected chi connectivity index (χ0v) is 8.71. The molecule has 2 aromatic rings. The highest BCUT2D eigenvalue weighted by atomic mass is 16.5. The van der Waals surface area contributed by atoms with E-state index in [-0.39, 0.29) is 6.04 Å². The summed E-state index contributed by atoms with van der Waals surface area (Å²) in [5.41, 5.74) is 6.92. The molecule has 0 unspecified atom stereocenters. The summed E-state index contributed by atoms with van der Waals surface area (Å²) in [7, 11) is 0. The number of nitriles is 1. The topological polar surface area (TPSA) is 88.7 Å². The second kappa shape index (κ2) is 4.13. The number of nitrogens with zero attached hydrogens (tertiary/aromatic N) is 3. The van der Waals surface area contributed by atoms with Gasteiger partial charge in [0.2, 0.25) is 11.7 Å². The Morgan fingerprint density at radius 2 is 2.31 bits per heavy atom. The van der Waals surface area contributed by atoms with Gasteiger partial charge in [-0.05, 0) is 19.1 Å². The Morgan fingerprint density at radius 1 is 1.50 bits per heavy atom. The lowest BCUT2D eigenvalue weighted by Gasteiger charge is -1.95. The van der Waals surface area contributed by atoms with Gasteiger partial charge in [0.25, 0.3) is 0 Å². The standard InChI is InChI=1S/C11H10N4O/c1-7(13)11-14-10(15-16-11)9-4-2-3-8(5-9)6-12/h2-5,7H,13H2,1H3/t7-/m0/s1. The minimum absolute atomic E-state index is 0.291. The van der Waals surface area contributed by atoms with E-state index in [1.165, 1.54) is 0 Å². The van der Waals surface area contributed by atoms with Gasteiger partial charge < -0.3 is 10.3 Å². The molecule has 5 heteroatoms. The summed E-state index contributed by atoms with van der Waals surface area (Å²) in [6.07, 6.45) is 0. The molecule has 1 heterocycles. The second-order valence-corrected chi connectivity index (χ2v) is 3.44. The van der Waals surface area contributed by atoms with E-state index in [9.17, 15) is 0 Å². The first-order chi connectivity index (χ1) is 7.70. The van der Waals surface area contributed by atoms with E-state index < -0.39 is 0 Å². The SMILES string of the molecule is C[C@H](N)c1nc(-c2cccc(C#N)c2)no1. The summed E-state index contributed by atoms with van der Waals surface area (Å²) in [6.45, 7) is 1.77. The molecule has 0 amide bonds. The highest BCUT2D eigenvalue weighted by Crippen LogP contribution is 2.18. The first-order valence-corrected chi connectivity index (χ1v) is 4.80. The highest BCUT2D eigenvalue weighted by Gasteiger charge is 2.11. The van der Waals surface area contributed by atoms with Crippen LogP contribution in [-0.4, -0.2) is 10.1 Å². The molecular weight excluding hydrogens is 204 g/mol. The molecule has 16 heavy (non-hydrogen) atoms. The first-order valence-electron chi connectivity index (χ1n) is 4.80. The number of hydrogen-bond donors (Lipinski definition) is 1. The molecule has 1 aromatic heterocycles. The number of aromatic nitrogens is 2. The van der Waals surface area contributed by atoms with Crippen LogP contribution in [0.5, 0.6) is 0 Å². The Morgan fingerprint density at radius 3 is 2.94 bits per heavy atom. The summed E-state index contributed by atoms with van der Waals surface area (Å²) in [6, 6.07) is 8.78. The number of rotatable bonds is 2. The molecule has 0 bridgehead atoms. The van der Waals surface area contributed by atoms with Crippen molar-refractivity contribution in [2.45, 2.75) is 13.0 Å². The van der Waals surface area contributed by atoms with E-state index in [2.05, 4.69) is 16.2 Å². The minimum Gasteiger partial charge on any atom is -0.337 e. The van der Waals surface area contributed by atoms with Crippen molar-refractivity contribution in [2.24, 2.45) is 5.73 Å². The van der Waals surface area contributed by atoms with Crippen LogP contribution in [0.4, 0.5) is 0 Å². The van der Waals surface area contributed by atoms with Crippen LogP contribution < -0.4 is 5.73 Å². The van der Waals surface area contributed by atoms with Crippen LogP contribution in [0.15, 0.2) is 28.8 Å². The van der Waals surface area contributed by atoms with Gasteiger partial charge in [0.15, 0.2) is 0 Å². The van der Waals surface area contributed by atoms with Crippen molar-refractivity contribution >= 4 is 0 Å². The third kappa shape index (κ3) is 1.92. The van der Waals surface area contributed by atoms with Crippen molar-refractivity contribution in [3.05, 3.63) is 35.7 Å². The highest BCUT2D eigenvalue weighted by molar-refractivity contribution is 5.57. The van der Waals surface area contributed by atoms with E-state index in [0.29, 0.717) is 17.3 Å². The molecule has 0 radical (unpaired) electrons. The fourth-order valence-corrected chi connectivity index (χ4v) is 1.27. The van der Waals surface area contributed by atoms with Gasteiger partial charge >= 0.3 is 0 Å².